The van der Waals surface area contributed by atoms with Crippen molar-refractivity contribution >= 4 is 18.2 Å². The van der Waals surface area contributed by atoms with Crippen LogP contribution in [-0.2, 0) is 9.59 Å². The Hall–Kier alpha value is -2.84. The SMILES string of the molecule is COc1cc(F)c(O[C@H]2CC[C@@](C)(NC=O)CC2)cc1C(=O)N[C@@H]1[C@@H]2CC[C@@H](C2)[C@@H]1C(=O)NCC1(C)CCC1. The van der Waals surface area contributed by atoms with Gasteiger partial charge in [-0.1, -0.05) is 13.3 Å². The van der Waals surface area contributed by atoms with E-state index in [1.54, 1.807) is 0 Å². The minimum Gasteiger partial charge on any atom is -0.496 e. The monoisotopic (exact) mass is 543 g/mol. The molecule has 39 heavy (non-hydrogen) atoms. The highest BCUT2D eigenvalue weighted by Gasteiger charge is 2.51. The largest absolute Gasteiger partial charge is 0.496 e. The van der Waals surface area contributed by atoms with E-state index in [-0.39, 0.29) is 69.7 Å². The molecule has 1 aromatic carbocycles. The first-order chi connectivity index (χ1) is 18.6. The zero-order valence-electron chi connectivity index (χ0n) is 23.3. The van der Waals surface area contributed by atoms with Crippen molar-refractivity contribution < 1.29 is 28.2 Å². The zero-order valence-corrected chi connectivity index (χ0v) is 23.3. The average molecular weight is 544 g/mol. The van der Waals surface area contributed by atoms with Gasteiger partial charge in [0.15, 0.2) is 11.6 Å². The predicted molar refractivity (Wildman–Crippen MR) is 144 cm³/mol. The van der Waals surface area contributed by atoms with Crippen LogP contribution < -0.4 is 25.4 Å². The number of amides is 3. The highest BCUT2D eigenvalue weighted by molar-refractivity contribution is 5.98. The lowest BCUT2D eigenvalue weighted by Crippen LogP contribution is -2.51. The van der Waals surface area contributed by atoms with E-state index in [9.17, 15) is 18.8 Å². The van der Waals surface area contributed by atoms with Crippen molar-refractivity contribution in [2.75, 3.05) is 13.7 Å². The van der Waals surface area contributed by atoms with Crippen LogP contribution in [0.3, 0.4) is 0 Å². The van der Waals surface area contributed by atoms with E-state index >= 15 is 0 Å². The van der Waals surface area contributed by atoms with Gasteiger partial charge in [-0.25, -0.2) is 4.39 Å². The maximum atomic E-state index is 15.0. The Labute approximate surface area is 230 Å². The molecule has 2 bridgehead atoms. The summed E-state index contributed by atoms with van der Waals surface area (Å²) in [4.78, 5) is 37.8. The van der Waals surface area contributed by atoms with Gasteiger partial charge in [0, 0.05) is 24.2 Å². The van der Waals surface area contributed by atoms with Crippen molar-refractivity contribution in [3.05, 3.63) is 23.5 Å². The van der Waals surface area contributed by atoms with Gasteiger partial charge >= 0.3 is 0 Å². The quantitative estimate of drug-likeness (QED) is 0.385. The zero-order chi connectivity index (χ0) is 27.8. The number of benzene rings is 1. The topological polar surface area (TPSA) is 106 Å². The summed E-state index contributed by atoms with van der Waals surface area (Å²) in [6.07, 6.45) is 9.66. The second kappa shape index (κ2) is 11.0. The molecule has 9 heteroatoms. The van der Waals surface area contributed by atoms with Crippen molar-refractivity contribution in [1.29, 1.82) is 0 Å². The van der Waals surface area contributed by atoms with Crippen molar-refractivity contribution in [3.8, 4) is 11.5 Å². The fourth-order valence-corrected chi connectivity index (χ4v) is 7.27. The van der Waals surface area contributed by atoms with Crippen LogP contribution in [0, 0.1) is 29.0 Å². The fraction of sp³-hybridized carbons (Fsp3) is 0.700. The molecule has 1 aromatic rings. The van der Waals surface area contributed by atoms with E-state index in [1.165, 1.54) is 25.7 Å². The van der Waals surface area contributed by atoms with Gasteiger partial charge in [0.05, 0.1) is 24.7 Å². The lowest BCUT2D eigenvalue weighted by Gasteiger charge is -2.39. The molecule has 0 saturated heterocycles. The first kappa shape index (κ1) is 27.7. The number of rotatable bonds is 10. The maximum Gasteiger partial charge on any atom is 0.255 e. The minimum atomic E-state index is -0.593. The molecule has 3 N–H and O–H groups in total. The lowest BCUT2D eigenvalue weighted by molar-refractivity contribution is -0.128. The molecule has 0 spiro atoms. The van der Waals surface area contributed by atoms with Crippen molar-refractivity contribution in [3.63, 3.8) is 0 Å². The van der Waals surface area contributed by atoms with Crippen LogP contribution in [0.1, 0.15) is 88.4 Å². The Bertz CT molecular complexity index is 1100. The van der Waals surface area contributed by atoms with Crippen LogP contribution >= 0.6 is 0 Å². The summed E-state index contributed by atoms with van der Waals surface area (Å²) in [5.41, 5.74) is 0.0943. The number of ether oxygens (including phenoxy) is 2. The van der Waals surface area contributed by atoms with Crippen LogP contribution in [0.4, 0.5) is 4.39 Å². The summed E-state index contributed by atoms with van der Waals surface area (Å²) in [6.45, 7) is 4.88. The molecule has 214 valence electrons. The third-order valence-corrected chi connectivity index (χ3v) is 10.0. The van der Waals surface area contributed by atoms with Gasteiger partial charge < -0.3 is 25.4 Å². The molecule has 0 aromatic heterocycles. The van der Waals surface area contributed by atoms with E-state index in [0.29, 0.717) is 38.6 Å². The van der Waals surface area contributed by atoms with Crippen molar-refractivity contribution in [1.82, 2.24) is 16.0 Å². The predicted octanol–water partition coefficient (Wildman–Crippen LogP) is 4.11. The number of carbonyl (C=O) groups is 3. The van der Waals surface area contributed by atoms with Gasteiger partial charge in [0.25, 0.3) is 5.91 Å². The van der Waals surface area contributed by atoms with Gasteiger partial charge in [0.1, 0.15) is 5.75 Å². The van der Waals surface area contributed by atoms with E-state index in [0.717, 1.165) is 32.1 Å². The average Bonchev–Trinajstić information content (AvgIpc) is 3.50. The number of hydrogen-bond acceptors (Lipinski definition) is 5. The Morgan fingerprint density at radius 2 is 1.77 bits per heavy atom. The Morgan fingerprint density at radius 1 is 1.05 bits per heavy atom. The third kappa shape index (κ3) is 5.73. The number of fused-ring (bicyclic) bond motifs is 2. The molecule has 4 aliphatic rings. The summed E-state index contributed by atoms with van der Waals surface area (Å²) in [5, 5.41) is 9.18. The summed E-state index contributed by atoms with van der Waals surface area (Å²) >= 11 is 0. The molecule has 4 aliphatic carbocycles. The molecule has 0 radical (unpaired) electrons. The normalized spacial score (nSPS) is 32.6. The second-order valence-corrected chi connectivity index (χ2v) is 12.9. The van der Waals surface area contributed by atoms with Gasteiger partial charge in [0.2, 0.25) is 12.3 Å². The van der Waals surface area contributed by atoms with Gasteiger partial charge in [-0.15, -0.1) is 0 Å². The molecule has 4 fully saturated rings. The molecular weight excluding hydrogens is 501 g/mol. The van der Waals surface area contributed by atoms with Crippen molar-refractivity contribution in [2.24, 2.45) is 23.2 Å². The molecule has 3 amide bonds. The Morgan fingerprint density at radius 3 is 2.41 bits per heavy atom. The number of hydrogen-bond donors (Lipinski definition) is 3. The van der Waals surface area contributed by atoms with Crippen LogP contribution in [0.15, 0.2) is 12.1 Å². The third-order valence-electron chi connectivity index (χ3n) is 10.0. The van der Waals surface area contributed by atoms with E-state index < -0.39 is 5.82 Å². The number of nitrogens with one attached hydrogen (secondary N) is 3. The minimum absolute atomic E-state index is 0.00822. The van der Waals surface area contributed by atoms with E-state index in [2.05, 4.69) is 22.9 Å². The molecule has 4 saturated carbocycles. The molecule has 0 heterocycles. The lowest BCUT2D eigenvalue weighted by atomic mass is 9.70. The van der Waals surface area contributed by atoms with E-state index in [1.807, 2.05) is 6.92 Å². The summed E-state index contributed by atoms with van der Waals surface area (Å²) in [5.74, 6) is -0.533. The summed E-state index contributed by atoms with van der Waals surface area (Å²) in [6, 6.07) is 2.35. The number of carbonyl (C=O) groups excluding carboxylic acids is 3. The van der Waals surface area contributed by atoms with E-state index in [4.69, 9.17) is 9.47 Å². The molecule has 0 unspecified atom stereocenters. The molecule has 8 nitrogen and oxygen atoms in total. The van der Waals surface area contributed by atoms with Crippen LogP contribution in [-0.4, -0.2) is 49.6 Å². The van der Waals surface area contributed by atoms with Gasteiger partial charge in [-0.05, 0) is 88.0 Å². The smallest absolute Gasteiger partial charge is 0.255 e. The summed E-state index contributed by atoms with van der Waals surface area (Å²) in [7, 11) is 1.41. The maximum absolute atomic E-state index is 15.0. The number of methoxy groups -OCH3 is 1. The van der Waals surface area contributed by atoms with Crippen molar-refractivity contribution in [2.45, 2.75) is 95.7 Å². The molecule has 5 rings (SSSR count). The first-order valence-electron chi connectivity index (χ1n) is 14.5. The Balaban J connectivity index is 1.27. The van der Waals surface area contributed by atoms with Crippen LogP contribution in [0.25, 0.3) is 0 Å². The molecule has 0 aliphatic heterocycles. The first-order valence-corrected chi connectivity index (χ1v) is 14.5. The standard InChI is InChI=1S/C30H42FN3O5/c1-29(9-4-10-29)16-32-28(37)25-18-5-6-19(13-18)26(25)34-27(36)21-14-24(22(31)15-23(21)38-3)39-20-7-11-30(2,12-8-20)33-17-35/h14-15,17-20,25-26H,4-13,16H2,1-3H3,(H,32,37)(H,33,35)(H,34,36)/t18-,19+,20-,25-,26+,30+/m0/s1. The molecular formula is C30H42FN3O5. The molecule has 4 atom stereocenters. The Kier molecular flexibility index (Phi) is 7.80. The van der Waals surface area contributed by atoms with Gasteiger partial charge in [-0.2, -0.15) is 0 Å². The fourth-order valence-electron chi connectivity index (χ4n) is 7.27. The van der Waals surface area contributed by atoms with Gasteiger partial charge in [-0.3, -0.25) is 14.4 Å². The highest BCUT2D eigenvalue weighted by atomic mass is 19.1. The summed E-state index contributed by atoms with van der Waals surface area (Å²) < 4.78 is 26.4. The van der Waals surface area contributed by atoms with Crippen LogP contribution in [0.2, 0.25) is 0 Å². The second-order valence-electron chi connectivity index (χ2n) is 12.9. The van der Waals surface area contributed by atoms with Crippen LogP contribution in [0.5, 0.6) is 11.5 Å². The number of halogens is 1. The highest BCUT2D eigenvalue weighted by Crippen LogP contribution is 2.49.